The van der Waals surface area contributed by atoms with Crippen LogP contribution in [0.15, 0.2) is 0 Å². The van der Waals surface area contributed by atoms with Crippen LogP contribution in [-0.4, -0.2) is 44.7 Å². The Balaban J connectivity index is 4.04. The Kier molecular flexibility index (Phi) is 9.78. The molecule has 17 heavy (non-hydrogen) atoms. The summed E-state index contributed by atoms with van der Waals surface area (Å²) in [5.74, 6) is 0.290. The predicted octanol–water partition coefficient (Wildman–Crippen LogP) is 1.83. The first kappa shape index (κ1) is 16.9. The topological polar surface area (TPSA) is 49.4 Å². The summed E-state index contributed by atoms with van der Waals surface area (Å²) in [6.45, 7) is 9.26. The lowest BCUT2D eigenvalue weighted by atomic mass is 10.3. The molecule has 0 spiro atoms. The van der Waals surface area contributed by atoms with Gasteiger partial charge in [-0.05, 0) is 38.8 Å². The second-order valence-corrected chi connectivity index (χ2v) is 6.36. The van der Waals surface area contributed by atoms with Crippen molar-refractivity contribution in [2.45, 2.75) is 46.5 Å². The number of nitrogens with one attached hydrogen (secondary N) is 1. The van der Waals surface area contributed by atoms with Crippen LogP contribution in [0.2, 0.25) is 0 Å². The van der Waals surface area contributed by atoms with Gasteiger partial charge in [-0.2, -0.15) is 0 Å². The average molecular weight is 264 g/mol. The smallest absolute Gasteiger partial charge is 0.214 e. The summed E-state index contributed by atoms with van der Waals surface area (Å²) in [5.41, 5.74) is 0. The lowest BCUT2D eigenvalue weighted by Gasteiger charge is -2.20. The molecule has 0 aromatic carbocycles. The number of hydrogen-bond donors (Lipinski definition) is 1. The predicted molar refractivity (Wildman–Crippen MR) is 73.7 cm³/mol. The van der Waals surface area contributed by atoms with Crippen LogP contribution >= 0.6 is 0 Å². The molecule has 0 fully saturated rings. The highest BCUT2D eigenvalue weighted by molar-refractivity contribution is 7.89. The molecular weight excluding hydrogens is 236 g/mol. The Morgan fingerprint density at radius 1 is 1.00 bits per heavy atom. The van der Waals surface area contributed by atoms with E-state index in [2.05, 4.69) is 12.2 Å². The monoisotopic (exact) mass is 264 g/mol. The SMILES string of the molecule is CCCN(CCC)S(=O)(=O)CCCCNCC. The largest absolute Gasteiger partial charge is 0.317 e. The molecule has 0 saturated heterocycles. The van der Waals surface area contributed by atoms with Gasteiger partial charge in [-0.15, -0.1) is 0 Å². The summed E-state index contributed by atoms with van der Waals surface area (Å²) < 4.78 is 25.7. The van der Waals surface area contributed by atoms with Gasteiger partial charge in [0.1, 0.15) is 0 Å². The van der Waals surface area contributed by atoms with Crippen LogP contribution in [0.3, 0.4) is 0 Å². The maximum absolute atomic E-state index is 12.0. The minimum atomic E-state index is -3.03. The molecule has 0 bridgehead atoms. The Hall–Kier alpha value is -0.130. The molecule has 0 aliphatic carbocycles. The fourth-order valence-electron chi connectivity index (χ4n) is 1.73. The first-order valence-electron chi connectivity index (χ1n) is 6.77. The van der Waals surface area contributed by atoms with E-state index in [1.54, 1.807) is 4.31 Å². The third kappa shape index (κ3) is 7.73. The van der Waals surface area contributed by atoms with Gasteiger partial charge in [-0.25, -0.2) is 12.7 Å². The zero-order valence-electron chi connectivity index (χ0n) is 11.5. The molecule has 0 rings (SSSR count). The van der Waals surface area contributed by atoms with Crippen molar-refractivity contribution in [3.63, 3.8) is 0 Å². The van der Waals surface area contributed by atoms with Crippen molar-refractivity contribution in [3.8, 4) is 0 Å². The summed E-state index contributed by atoms with van der Waals surface area (Å²) in [4.78, 5) is 0. The van der Waals surface area contributed by atoms with E-state index in [1.807, 2.05) is 13.8 Å². The quantitative estimate of drug-likeness (QED) is 0.579. The summed E-state index contributed by atoms with van der Waals surface area (Å²) >= 11 is 0. The minimum Gasteiger partial charge on any atom is -0.317 e. The van der Waals surface area contributed by atoms with Gasteiger partial charge in [0.05, 0.1) is 5.75 Å². The normalized spacial score (nSPS) is 12.2. The third-order valence-electron chi connectivity index (χ3n) is 2.60. The Labute approximate surface area is 107 Å². The van der Waals surface area contributed by atoms with E-state index >= 15 is 0 Å². The van der Waals surface area contributed by atoms with Crippen molar-refractivity contribution in [2.75, 3.05) is 31.9 Å². The molecule has 4 nitrogen and oxygen atoms in total. The first-order valence-corrected chi connectivity index (χ1v) is 8.37. The van der Waals surface area contributed by atoms with Crippen molar-refractivity contribution in [2.24, 2.45) is 0 Å². The van der Waals surface area contributed by atoms with E-state index in [1.165, 1.54) is 0 Å². The second-order valence-electron chi connectivity index (χ2n) is 4.28. The standard InChI is InChI=1S/C12H28N2O2S/c1-4-10-14(11-5-2)17(15,16)12-8-7-9-13-6-3/h13H,4-12H2,1-3H3. The molecule has 0 heterocycles. The highest BCUT2D eigenvalue weighted by atomic mass is 32.2. The average Bonchev–Trinajstić information content (AvgIpc) is 2.28. The zero-order chi connectivity index (χ0) is 13.1. The number of hydrogen-bond acceptors (Lipinski definition) is 3. The highest BCUT2D eigenvalue weighted by Gasteiger charge is 2.19. The number of nitrogens with zero attached hydrogens (tertiary/aromatic N) is 1. The molecule has 104 valence electrons. The number of sulfonamides is 1. The molecule has 0 aromatic heterocycles. The molecule has 0 unspecified atom stereocenters. The molecule has 0 amide bonds. The van der Waals surface area contributed by atoms with Crippen LogP contribution < -0.4 is 5.32 Å². The van der Waals surface area contributed by atoms with Gasteiger partial charge < -0.3 is 5.32 Å². The Morgan fingerprint density at radius 3 is 2.06 bits per heavy atom. The van der Waals surface area contributed by atoms with Gasteiger partial charge in [-0.3, -0.25) is 0 Å². The van der Waals surface area contributed by atoms with Gasteiger partial charge in [0, 0.05) is 13.1 Å². The van der Waals surface area contributed by atoms with Gasteiger partial charge in [0.15, 0.2) is 0 Å². The van der Waals surface area contributed by atoms with E-state index < -0.39 is 10.0 Å². The summed E-state index contributed by atoms with van der Waals surface area (Å²) in [7, 11) is -3.03. The second kappa shape index (κ2) is 9.85. The number of rotatable bonds is 11. The fourth-order valence-corrected chi connectivity index (χ4v) is 3.48. The van der Waals surface area contributed by atoms with E-state index in [4.69, 9.17) is 0 Å². The maximum Gasteiger partial charge on any atom is 0.214 e. The fraction of sp³-hybridized carbons (Fsp3) is 1.00. The third-order valence-corrected chi connectivity index (χ3v) is 4.55. The van der Waals surface area contributed by atoms with Gasteiger partial charge in [0.2, 0.25) is 10.0 Å². The highest BCUT2D eigenvalue weighted by Crippen LogP contribution is 2.06. The lowest BCUT2D eigenvalue weighted by Crippen LogP contribution is -2.34. The molecule has 1 N–H and O–H groups in total. The Bertz CT molecular complexity index is 260. The van der Waals surface area contributed by atoms with E-state index in [9.17, 15) is 8.42 Å². The molecule has 0 saturated carbocycles. The lowest BCUT2D eigenvalue weighted by molar-refractivity contribution is 0.408. The summed E-state index contributed by atoms with van der Waals surface area (Å²) in [5, 5.41) is 3.21. The molecule has 0 aliphatic heterocycles. The van der Waals surface area contributed by atoms with E-state index in [0.29, 0.717) is 18.8 Å². The Morgan fingerprint density at radius 2 is 1.59 bits per heavy atom. The van der Waals surface area contributed by atoms with Crippen molar-refractivity contribution < 1.29 is 8.42 Å². The van der Waals surface area contributed by atoms with Gasteiger partial charge in [0.25, 0.3) is 0 Å². The van der Waals surface area contributed by atoms with Crippen LogP contribution in [0, 0.1) is 0 Å². The summed E-state index contributed by atoms with van der Waals surface area (Å²) in [6.07, 6.45) is 3.45. The van der Waals surface area contributed by atoms with Crippen molar-refractivity contribution in [1.29, 1.82) is 0 Å². The minimum absolute atomic E-state index is 0.290. The summed E-state index contributed by atoms with van der Waals surface area (Å²) in [6, 6.07) is 0. The maximum atomic E-state index is 12.0. The zero-order valence-corrected chi connectivity index (χ0v) is 12.4. The van der Waals surface area contributed by atoms with Crippen molar-refractivity contribution in [1.82, 2.24) is 9.62 Å². The van der Waals surface area contributed by atoms with Crippen molar-refractivity contribution in [3.05, 3.63) is 0 Å². The van der Waals surface area contributed by atoms with Crippen LogP contribution in [0.4, 0.5) is 0 Å². The van der Waals surface area contributed by atoms with Crippen LogP contribution in [0.1, 0.15) is 46.5 Å². The van der Waals surface area contributed by atoms with E-state index in [0.717, 1.165) is 38.8 Å². The van der Waals surface area contributed by atoms with E-state index in [-0.39, 0.29) is 0 Å². The molecule has 5 heteroatoms. The van der Waals surface area contributed by atoms with Crippen LogP contribution in [0.5, 0.6) is 0 Å². The number of unbranched alkanes of at least 4 members (excludes halogenated alkanes) is 1. The molecule has 0 atom stereocenters. The van der Waals surface area contributed by atoms with Crippen LogP contribution in [-0.2, 0) is 10.0 Å². The molecule has 0 aromatic rings. The van der Waals surface area contributed by atoms with Gasteiger partial charge in [-0.1, -0.05) is 20.8 Å². The van der Waals surface area contributed by atoms with Crippen LogP contribution in [0.25, 0.3) is 0 Å². The molecule has 0 radical (unpaired) electrons. The molecular formula is C12H28N2O2S. The molecule has 0 aliphatic rings. The van der Waals surface area contributed by atoms with Crippen molar-refractivity contribution >= 4 is 10.0 Å². The van der Waals surface area contributed by atoms with Gasteiger partial charge >= 0.3 is 0 Å². The first-order chi connectivity index (χ1) is 8.08.